The van der Waals surface area contributed by atoms with E-state index in [-0.39, 0.29) is 0 Å². The van der Waals surface area contributed by atoms with Crippen molar-refractivity contribution < 1.29 is 4.74 Å². The van der Waals surface area contributed by atoms with Gasteiger partial charge in [0, 0.05) is 11.1 Å². The number of hydrogen-bond donors (Lipinski definition) is 0. The summed E-state index contributed by atoms with van der Waals surface area (Å²) in [5.41, 5.74) is 3.12. The third kappa shape index (κ3) is 2.59. The Hall–Kier alpha value is -1.28. The molecule has 0 aliphatic heterocycles. The van der Waals surface area contributed by atoms with Gasteiger partial charge in [0.05, 0.1) is 17.6 Å². The van der Waals surface area contributed by atoms with Crippen LogP contribution in [0.25, 0.3) is 10.9 Å². The molecule has 0 atom stereocenters. The second-order valence-corrected chi connectivity index (χ2v) is 5.44. The lowest BCUT2D eigenvalue weighted by Crippen LogP contribution is -1.99. The van der Waals surface area contributed by atoms with E-state index in [1.54, 1.807) is 7.11 Å². The van der Waals surface area contributed by atoms with Gasteiger partial charge in [-0.2, -0.15) is 0 Å². The van der Waals surface area contributed by atoms with Crippen LogP contribution in [-0.4, -0.2) is 12.1 Å². The molecule has 1 aromatic carbocycles. The first-order valence-electron chi connectivity index (χ1n) is 6.15. The minimum absolute atomic E-state index is 0.574. The summed E-state index contributed by atoms with van der Waals surface area (Å²) in [6, 6.07) is 5.89. The molecular formula is C15H18ClNO. The molecule has 0 aliphatic rings. The number of nitrogens with zero attached hydrogens (tertiary/aromatic N) is 1. The molecule has 0 spiro atoms. The van der Waals surface area contributed by atoms with Crippen LogP contribution in [0.2, 0.25) is 5.02 Å². The summed E-state index contributed by atoms with van der Waals surface area (Å²) >= 11 is 6.35. The molecule has 96 valence electrons. The molecule has 0 amide bonds. The van der Waals surface area contributed by atoms with E-state index in [0.29, 0.717) is 5.92 Å². The Morgan fingerprint density at radius 3 is 2.61 bits per heavy atom. The van der Waals surface area contributed by atoms with Crippen molar-refractivity contribution in [3.63, 3.8) is 0 Å². The first-order chi connectivity index (χ1) is 8.51. The standard InChI is InChI=1S/C15H18ClNO/c1-9(2)5-11-7-14(16)13-8-12(18-4)6-10(3)15(13)17-11/h6-9H,5H2,1-4H3. The summed E-state index contributed by atoms with van der Waals surface area (Å²) in [5.74, 6) is 1.39. The number of ether oxygens (including phenoxy) is 1. The fraction of sp³-hybridized carbons (Fsp3) is 0.400. The van der Waals surface area contributed by atoms with Gasteiger partial charge in [-0.05, 0) is 43.0 Å². The van der Waals surface area contributed by atoms with Gasteiger partial charge in [0.25, 0.3) is 0 Å². The average Bonchev–Trinajstić information content (AvgIpc) is 2.29. The van der Waals surface area contributed by atoms with Crippen molar-refractivity contribution in [2.45, 2.75) is 27.2 Å². The number of fused-ring (bicyclic) bond motifs is 1. The minimum Gasteiger partial charge on any atom is -0.497 e. The number of rotatable bonds is 3. The molecule has 0 radical (unpaired) electrons. The molecule has 0 unspecified atom stereocenters. The molecule has 18 heavy (non-hydrogen) atoms. The minimum atomic E-state index is 0.574. The molecule has 0 bridgehead atoms. The number of aromatic nitrogens is 1. The van der Waals surface area contributed by atoms with Crippen molar-refractivity contribution in [1.82, 2.24) is 4.98 Å². The highest BCUT2D eigenvalue weighted by Crippen LogP contribution is 2.30. The van der Waals surface area contributed by atoms with Crippen LogP contribution in [0.15, 0.2) is 18.2 Å². The lowest BCUT2D eigenvalue weighted by molar-refractivity contribution is 0.415. The van der Waals surface area contributed by atoms with Gasteiger partial charge >= 0.3 is 0 Å². The Bertz CT molecular complexity index is 578. The maximum absolute atomic E-state index is 6.35. The first kappa shape index (κ1) is 13.2. The lowest BCUT2D eigenvalue weighted by Gasteiger charge is -2.11. The van der Waals surface area contributed by atoms with Crippen LogP contribution in [0.5, 0.6) is 5.75 Å². The van der Waals surface area contributed by atoms with Gasteiger partial charge in [-0.1, -0.05) is 25.4 Å². The monoisotopic (exact) mass is 263 g/mol. The van der Waals surface area contributed by atoms with E-state index in [2.05, 4.69) is 13.8 Å². The normalized spacial score (nSPS) is 11.2. The van der Waals surface area contributed by atoms with Crippen LogP contribution in [-0.2, 0) is 6.42 Å². The van der Waals surface area contributed by atoms with Gasteiger partial charge in [-0.3, -0.25) is 4.98 Å². The third-order valence-corrected chi connectivity index (χ3v) is 3.25. The largest absolute Gasteiger partial charge is 0.497 e. The van der Waals surface area contributed by atoms with Gasteiger partial charge < -0.3 is 4.74 Å². The highest BCUT2D eigenvalue weighted by Gasteiger charge is 2.09. The zero-order valence-corrected chi connectivity index (χ0v) is 12.0. The van der Waals surface area contributed by atoms with Crippen molar-refractivity contribution in [3.05, 3.63) is 34.5 Å². The molecule has 2 rings (SSSR count). The third-order valence-electron chi connectivity index (χ3n) is 2.93. The maximum Gasteiger partial charge on any atom is 0.119 e. The quantitative estimate of drug-likeness (QED) is 0.819. The zero-order valence-electron chi connectivity index (χ0n) is 11.2. The van der Waals surface area contributed by atoms with Crippen LogP contribution in [0.3, 0.4) is 0 Å². The Morgan fingerprint density at radius 1 is 1.28 bits per heavy atom. The zero-order chi connectivity index (χ0) is 13.3. The molecule has 1 aromatic heterocycles. The summed E-state index contributed by atoms with van der Waals surface area (Å²) in [5, 5.41) is 1.71. The van der Waals surface area contributed by atoms with E-state index >= 15 is 0 Å². The summed E-state index contributed by atoms with van der Waals surface area (Å²) in [6.45, 7) is 6.40. The molecular weight excluding hydrogens is 246 g/mol. The molecule has 0 fully saturated rings. The van der Waals surface area contributed by atoms with E-state index < -0.39 is 0 Å². The SMILES string of the molecule is COc1cc(C)c2nc(CC(C)C)cc(Cl)c2c1. The molecule has 3 heteroatoms. The number of hydrogen-bond acceptors (Lipinski definition) is 2. The van der Waals surface area contributed by atoms with Gasteiger partial charge in [-0.15, -0.1) is 0 Å². The molecule has 0 N–H and O–H groups in total. The predicted molar refractivity (Wildman–Crippen MR) is 76.6 cm³/mol. The van der Waals surface area contributed by atoms with E-state index in [0.717, 1.165) is 39.4 Å². The van der Waals surface area contributed by atoms with Crippen molar-refractivity contribution in [2.75, 3.05) is 7.11 Å². The van der Waals surface area contributed by atoms with Crippen molar-refractivity contribution in [2.24, 2.45) is 5.92 Å². The Balaban J connectivity index is 2.62. The fourth-order valence-electron chi connectivity index (χ4n) is 2.12. The van der Waals surface area contributed by atoms with Crippen molar-refractivity contribution in [3.8, 4) is 5.75 Å². The van der Waals surface area contributed by atoms with Gasteiger partial charge in [0.15, 0.2) is 0 Å². The lowest BCUT2D eigenvalue weighted by atomic mass is 10.0. The second-order valence-electron chi connectivity index (χ2n) is 5.03. The topological polar surface area (TPSA) is 22.1 Å². The van der Waals surface area contributed by atoms with Crippen LogP contribution in [0.1, 0.15) is 25.1 Å². The van der Waals surface area contributed by atoms with Crippen LogP contribution in [0, 0.1) is 12.8 Å². The van der Waals surface area contributed by atoms with Crippen molar-refractivity contribution in [1.29, 1.82) is 0 Å². The fourth-order valence-corrected chi connectivity index (χ4v) is 2.39. The Morgan fingerprint density at radius 2 is 2.00 bits per heavy atom. The highest BCUT2D eigenvalue weighted by molar-refractivity contribution is 6.35. The molecule has 0 aliphatic carbocycles. The number of pyridine rings is 1. The summed E-state index contributed by atoms with van der Waals surface area (Å²) in [6.07, 6.45) is 0.946. The maximum atomic E-state index is 6.35. The smallest absolute Gasteiger partial charge is 0.119 e. The van der Waals surface area contributed by atoms with E-state index in [4.69, 9.17) is 21.3 Å². The van der Waals surface area contributed by atoms with Gasteiger partial charge in [-0.25, -0.2) is 0 Å². The number of halogens is 1. The van der Waals surface area contributed by atoms with E-state index in [1.165, 1.54) is 0 Å². The molecule has 2 nitrogen and oxygen atoms in total. The summed E-state index contributed by atoms with van der Waals surface area (Å²) < 4.78 is 5.27. The number of methoxy groups -OCH3 is 1. The number of benzene rings is 1. The second kappa shape index (κ2) is 5.15. The summed E-state index contributed by atoms with van der Waals surface area (Å²) in [4.78, 5) is 4.71. The van der Waals surface area contributed by atoms with Gasteiger partial charge in [0.2, 0.25) is 0 Å². The van der Waals surface area contributed by atoms with Crippen LogP contribution in [0.4, 0.5) is 0 Å². The Kier molecular flexibility index (Phi) is 3.76. The van der Waals surface area contributed by atoms with E-state index in [9.17, 15) is 0 Å². The Labute approximate surface area is 113 Å². The number of aryl methyl sites for hydroxylation is 1. The molecule has 2 aromatic rings. The van der Waals surface area contributed by atoms with Crippen LogP contribution < -0.4 is 4.74 Å². The molecule has 0 saturated heterocycles. The first-order valence-corrected chi connectivity index (χ1v) is 6.53. The van der Waals surface area contributed by atoms with Gasteiger partial charge in [0.1, 0.15) is 5.75 Å². The predicted octanol–water partition coefficient (Wildman–Crippen LogP) is 4.40. The average molecular weight is 264 g/mol. The highest BCUT2D eigenvalue weighted by atomic mass is 35.5. The van der Waals surface area contributed by atoms with Crippen molar-refractivity contribution >= 4 is 22.5 Å². The van der Waals surface area contributed by atoms with E-state index in [1.807, 2.05) is 25.1 Å². The molecule has 1 heterocycles. The molecule has 0 saturated carbocycles. The van der Waals surface area contributed by atoms with Crippen LogP contribution >= 0.6 is 11.6 Å². The summed E-state index contributed by atoms with van der Waals surface area (Å²) in [7, 11) is 1.66.